The van der Waals surface area contributed by atoms with Crippen molar-refractivity contribution in [2.75, 3.05) is 0 Å². The number of carbonyl (C=O) groups excluding carboxylic acids is 1. The summed E-state index contributed by atoms with van der Waals surface area (Å²) in [6.45, 7) is 10.4. The van der Waals surface area contributed by atoms with Crippen LogP contribution in [0.25, 0.3) is 0 Å². The molecule has 5 nitrogen and oxygen atoms in total. The van der Waals surface area contributed by atoms with Gasteiger partial charge in [-0.1, -0.05) is 52.0 Å². The smallest absolute Gasteiger partial charge is 0.432 e. The second-order valence-electron chi connectivity index (χ2n) is 8.14. The lowest BCUT2D eigenvalue weighted by atomic mass is 9.87. The number of hydrogen-bond acceptors (Lipinski definition) is 4. The second-order valence-corrected chi connectivity index (χ2v) is 8.14. The van der Waals surface area contributed by atoms with Gasteiger partial charge in [-0.3, -0.25) is 0 Å². The summed E-state index contributed by atoms with van der Waals surface area (Å²) < 4.78 is 69.1. The maximum absolute atomic E-state index is 14.8. The summed E-state index contributed by atoms with van der Waals surface area (Å²) >= 11 is 0. The molecular weight excluding hydrogens is 480 g/mol. The Morgan fingerprint density at radius 1 is 1.03 bits per heavy atom. The summed E-state index contributed by atoms with van der Waals surface area (Å²) in [5.74, 6) is -6.46. The van der Waals surface area contributed by atoms with E-state index in [2.05, 4.69) is 17.9 Å². The third-order valence-electron chi connectivity index (χ3n) is 5.50. The van der Waals surface area contributed by atoms with E-state index in [-0.39, 0.29) is 23.3 Å². The number of esters is 1. The molecule has 2 aromatic rings. The van der Waals surface area contributed by atoms with Gasteiger partial charge in [-0.05, 0) is 48.2 Å². The third-order valence-corrected chi connectivity index (χ3v) is 5.50. The molecule has 2 atom stereocenters. The van der Waals surface area contributed by atoms with Crippen molar-refractivity contribution in [2.24, 2.45) is 0 Å². The molecule has 0 saturated heterocycles. The summed E-state index contributed by atoms with van der Waals surface area (Å²) in [7, 11) is 0. The number of aliphatic carboxylic acids is 1. The van der Waals surface area contributed by atoms with Gasteiger partial charge in [-0.2, -0.15) is 8.78 Å². The monoisotopic (exact) mass is 508 g/mol. The number of halogens is 4. The normalized spacial score (nSPS) is 12.9. The number of carboxylic acids is 1. The van der Waals surface area contributed by atoms with E-state index in [0.29, 0.717) is 37.0 Å². The van der Waals surface area contributed by atoms with Crippen LogP contribution in [0.15, 0.2) is 61.2 Å². The summed E-state index contributed by atoms with van der Waals surface area (Å²) in [4.78, 5) is 22.9. The minimum absolute atomic E-state index is 0.112. The van der Waals surface area contributed by atoms with Crippen molar-refractivity contribution in [2.45, 2.75) is 57.7 Å². The fourth-order valence-electron chi connectivity index (χ4n) is 3.75. The topological polar surface area (TPSA) is 72.8 Å². The molecule has 194 valence electrons. The molecule has 0 bridgehead atoms. The molecule has 2 unspecified atom stereocenters. The number of carbonyl (C=O) groups is 2. The number of hydrogen-bond donors (Lipinski definition) is 1. The lowest BCUT2D eigenvalue weighted by Crippen LogP contribution is -2.25. The van der Waals surface area contributed by atoms with Gasteiger partial charge in [0.25, 0.3) is 0 Å². The Hall–Kier alpha value is -3.62. The molecule has 36 heavy (non-hydrogen) atoms. The average Bonchev–Trinajstić information content (AvgIpc) is 2.81. The predicted octanol–water partition coefficient (Wildman–Crippen LogP) is 7.19. The average molecular weight is 509 g/mol. The minimum atomic E-state index is -4.38. The number of ether oxygens (including phenoxy) is 2. The van der Waals surface area contributed by atoms with Crippen LogP contribution in [0.4, 0.5) is 17.6 Å². The van der Waals surface area contributed by atoms with Crippen LogP contribution in [-0.4, -0.2) is 17.0 Å². The van der Waals surface area contributed by atoms with Gasteiger partial charge in [0.05, 0.1) is 0 Å². The Bertz CT molecular complexity index is 1090. The Kier molecular flexibility index (Phi) is 9.84. The molecule has 2 aromatic carbocycles. The second kappa shape index (κ2) is 12.4. The van der Waals surface area contributed by atoms with Crippen LogP contribution in [0.3, 0.4) is 0 Å². The van der Waals surface area contributed by atoms with Crippen LogP contribution < -0.4 is 4.74 Å². The Morgan fingerprint density at radius 2 is 1.58 bits per heavy atom. The molecule has 9 heteroatoms. The molecule has 0 aliphatic heterocycles. The minimum Gasteiger partial charge on any atom is -0.478 e. The standard InChI is InChI=1S/C27H28F4O5/c1-5-8-20(16(4)26(33)34)18-14-21(28)25(22(29)15-18)27(30,31)36-19-12-10-17(11-13-19)23(9-6-2)35-24(32)7-3/h7,10-15,20,23H,3-6,8-9H2,1-2H3,(H,33,34). The van der Waals surface area contributed by atoms with Gasteiger partial charge >= 0.3 is 18.0 Å². The van der Waals surface area contributed by atoms with Crippen molar-refractivity contribution in [3.05, 3.63) is 89.5 Å². The van der Waals surface area contributed by atoms with E-state index in [1.54, 1.807) is 6.92 Å². The van der Waals surface area contributed by atoms with Crippen LogP contribution in [0, 0.1) is 11.6 Å². The van der Waals surface area contributed by atoms with E-state index in [0.717, 1.165) is 6.08 Å². The molecule has 0 aliphatic carbocycles. The van der Waals surface area contributed by atoms with Gasteiger partial charge in [-0.25, -0.2) is 18.4 Å². The quantitative estimate of drug-likeness (QED) is 0.176. The van der Waals surface area contributed by atoms with Crippen LogP contribution in [0.1, 0.15) is 68.2 Å². The molecule has 0 spiro atoms. The van der Waals surface area contributed by atoms with E-state index in [1.165, 1.54) is 24.3 Å². The van der Waals surface area contributed by atoms with Gasteiger partial charge in [0.1, 0.15) is 29.1 Å². The van der Waals surface area contributed by atoms with Gasteiger partial charge in [-0.15, -0.1) is 0 Å². The zero-order chi connectivity index (χ0) is 27.0. The molecule has 2 rings (SSSR count). The molecule has 0 amide bonds. The largest absolute Gasteiger partial charge is 0.478 e. The molecule has 0 saturated carbocycles. The first kappa shape index (κ1) is 28.6. The Labute approximate surface area is 207 Å². The van der Waals surface area contributed by atoms with Crippen molar-refractivity contribution in [3.8, 4) is 5.75 Å². The Morgan fingerprint density at radius 3 is 2.06 bits per heavy atom. The van der Waals surface area contributed by atoms with Crippen molar-refractivity contribution in [3.63, 3.8) is 0 Å². The molecule has 0 heterocycles. The lowest BCUT2D eigenvalue weighted by molar-refractivity contribution is -0.189. The number of rotatable bonds is 13. The van der Waals surface area contributed by atoms with Crippen LogP contribution in [0.5, 0.6) is 5.75 Å². The fraction of sp³-hybridized carbons (Fsp3) is 0.333. The highest BCUT2D eigenvalue weighted by Gasteiger charge is 2.41. The summed E-state index contributed by atoms with van der Waals surface area (Å²) in [5.41, 5.74) is -1.49. The van der Waals surface area contributed by atoms with Crippen molar-refractivity contribution >= 4 is 11.9 Å². The molecule has 1 N–H and O–H groups in total. The van der Waals surface area contributed by atoms with Gasteiger partial charge in [0, 0.05) is 17.6 Å². The van der Waals surface area contributed by atoms with Crippen LogP contribution >= 0.6 is 0 Å². The summed E-state index contributed by atoms with van der Waals surface area (Å²) in [5, 5.41) is 9.21. The van der Waals surface area contributed by atoms with Gasteiger partial charge < -0.3 is 14.6 Å². The van der Waals surface area contributed by atoms with E-state index in [1.807, 2.05) is 6.92 Å². The van der Waals surface area contributed by atoms with E-state index >= 15 is 0 Å². The summed E-state index contributed by atoms with van der Waals surface area (Å²) in [6, 6.07) is 6.51. The first-order chi connectivity index (χ1) is 16.9. The van der Waals surface area contributed by atoms with E-state index in [4.69, 9.17) is 4.74 Å². The highest BCUT2D eigenvalue weighted by atomic mass is 19.3. The highest BCUT2D eigenvalue weighted by molar-refractivity contribution is 5.87. The van der Waals surface area contributed by atoms with Crippen molar-refractivity contribution in [1.82, 2.24) is 0 Å². The van der Waals surface area contributed by atoms with Crippen molar-refractivity contribution in [1.29, 1.82) is 0 Å². The van der Waals surface area contributed by atoms with Crippen LogP contribution in [-0.2, 0) is 20.4 Å². The zero-order valence-corrected chi connectivity index (χ0v) is 20.0. The lowest BCUT2D eigenvalue weighted by Gasteiger charge is -2.22. The number of carboxylic acid groups (broad SMARTS) is 1. The molecular formula is C27H28F4O5. The zero-order valence-electron chi connectivity index (χ0n) is 20.0. The highest BCUT2D eigenvalue weighted by Crippen LogP contribution is 2.38. The molecule has 0 aliphatic rings. The molecule has 0 fully saturated rings. The maximum Gasteiger partial charge on any atom is 0.432 e. The fourth-order valence-corrected chi connectivity index (χ4v) is 3.75. The molecule has 0 aromatic heterocycles. The van der Waals surface area contributed by atoms with Crippen LogP contribution in [0.2, 0.25) is 0 Å². The van der Waals surface area contributed by atoms with E-state index in [9.17, 15) is 32.3 Å². The van der Waals surface area contributed by atoms with Crippen molar-refractivity contribution < 1.29 is 41.7 Å². The first-order valence-electron chi connectivity index (χ1n) is 11.4. The van der Waals surface area contributed by atoms with Gasteiger partial charge in [0.2, 0.25) is 0 Å². The third kappa shape index (κ3) is 6.96. The first-order valence-corrected chi connectivity index (χ1v) is 11.4. The predicted molar refractivity (Wildman–Crippen MR) is 126 cm³/mol. The maximum atomic E-state index is 14.8. The number of benzene rings is 2. The SMILES string of the molecule is C=CC(=O)OC(CCC)c1ccc(OC(F)(F)c2c(F)cc(C(CCC)C(=C)C(=O)O)cc2F)cc1. The van der Waals surface area contributed by atoms with E-state index < -0.39 is 47.3 Å². The van der Waals surface area contributed by atoms with Gasteiger partial charge in [0.15, 0.2) is 0 Å². The summed E-state index contributed by atoms with van der Waals surface area (Å²) in [6.07, 6.45) is -2.15. The Balaban J connectivity index is 2.32. The molecule has 0 radical (unpaired) electrons. The number of alkyl halides is 2.